The van der Waals surface area contributed by atoms with Crippen molar-refractivity contribution in [1.29, 1.82) is 0 Å². The molecule has 0 aliphatic carbocycles. The Morgan fingerprint density at radius 1 is 1.21 bits per heavy atom. The van der Waals surface area contributed by atoms with Crippen molar-refractivity contribution in [2.24, 2.45) is 15.0 Å². The molecule has 2 aliphatic rings. The highest BCUT2D eigenvalue weighted by molar-refractivity contribution is 6.42. The molecule has 0 radical (unpaired) electrons. The van der Waals surface area contributed by atoms with Crippen molar-refractivity contribution in [3.8, 4) is 0 Å². The lowest BCUT2D eigenvalue weighted by molar-refractivity contribution is -0.111. The van der Waals surface area contributed by atoms with Crippen LogP contribution in [-0.2, 0) is 4.79 Å². The molecule has 1 amide bonds. The van der Waals surface area contributed by atoms with Crippen LogP contribution in [0.2, 0.25) is 0 Å². The number of allylic oxidation sites excluding steroid dienone is 1. The lowest BCUT2D eigenvalue weighted by Crippen LogP contribution is -2.31. The molecular weight excluding hydrogens is 178 g/mol. The molecule has 0 spiro atoms. The first-order valence-corrected chi connectivity index (χ1v) is 4.49. The largest absolute Gasteiger partial charge is 0.292 e. The van der Waals surface area contributed by atoms with Gasteiger partial charge in [0.1, 0.15) is 11.8 Å². The Labute approximate surface area is 82.2 Å². The number of fused-ring (bicyclic) bond motifs is 1. The zero-order valence-electron chi connectivity index (χ0n) is 8.40. The molecule has 0 aromatic rings. The first-order valence-electron chi connectivity index (χ1n) is 4.49. The van der Waals surface area contributed by atoms with Crippen LogP contribution in [0.5, 0.6) is 0 Å². The number of aliphatic imine (C=N–C) groups is 3. The SMILES string of the molecule is CC1=CC(C)=NC2=NC(=O)C(C)=NC12. The van der Waals surface area contributed by atoms with Crippen molar-refractivity contribution < 1.29 is 4.79 Å². The van der Waals surface area contributed by atoms with Crippen LogP contribution in [0.1, 0.15) is 20.8 Å². The standard InChI is InChI=1S/C10H11N3O/c1-5-4-6(2)11-9-8(5)12-7(3)10(14)13-9/h4,8H,1-3H3. The van der Waals surface area contributed by atoms with Gasteiger partial charge in [0.15, 0.2) is 5.84 Å². The molecule has 0 fully saturated rings. The van der Waals surface area contributed by atoms with Crippen molar-refractivity contribution in [2.75, 3.05) is 0 Å². The first-order chi connectivity index (χ1) is 6.58. The van der Waals surface area contributed by atoms with E-state index in [0.29, 0.717) is 11.5 Å². The third kappa shape index (κ3) is 1.32. The fraction of sp³-hybridized carbons (Fsp3) is 0.400. The van der Waals surface area contributed by atoms with E-state index in [2.05, 4.69) is 15.0 Å². The molecular formula is C10H11N3O. The van der Waals surface area contributed by atoms with Crippen molar-refractivity contribution in [3.05, 3.63) is 11.6 Å². The molecule has 2 rings (SSSR count). The molecule has 1 atom stereocenters. The van der Waals surface area contributed by atoms with E-state index in [1.807, 2.05) is 19.9 Å². The van der Waals surface area contributed by atoms with E-state index in [9.17, 15) is 4.79 Å². The van der Waals surface area contributed by atoms with E-state index < -0.39 is 0 Å². The molecule has 0 aromatic carbocycles. The Balaban J connectivity index is 2.48. The number of carbonyl (C=O) groups excluding carboxylic acids is 1. The average Bonchev–Trinajstić information content (AvgIpc) is 2.08. The Bertz CT molecular complexity index is 427. The van der Waals surface area contributed by atoms with Gasteiger partial charge in [0.05, 0.1) is 0 Å². The number of hydrogen-bond acceptors (Lipinski definition) is 3. The van der Waals surface area contributed by atoms with Crippen LogP contribution in [0.25, 0.3) is 0 Å². The predicted octanol–water partition coefficient (Wildman–Crippen LogP) is 1.18. The van der Waals surface area contributed by atoms with E-state index in [4.69, 9.17) is 0 Å². The lowest BCUT2D eigenvalue weighted by Gasteiger charge is -2.21. The number of amides is 1. The summed E-state index contributed by atoms with van der Waals surface area (Å²) in [7, 11) is 0. The van der Waals surface area contributed by atoms with Gasteiger partial charge in [0.2, 0.25) is 0 Å². The highest BCUT2D eigenvalue weighted by Gasteiger charge is 2.26. The zero-order chi connectivity index (χ0) is 10.3. The maximum absolute atomic E-state index is 11.3. The van der Waals surface area contributed by atoms with E-state index in [-0.39, 0.29) is 11.9 Å². The maximum Gasteiger partial charge on any atom is 0.292 e. The Morgan fingerprint density at radius 3 is 2.64 bits per heavy atom. The summed E-state index contributed by atoms with van der Waals surface area (Å²) in [5.74, 6) is 0.251. The Hall–Kier alpha value is -1.58. The molecule has 14 heavy (non-hydrogen) atoms. The second kappa shape index (κ2) is 2.97. The maximum atomic E-state index is 11.3. The van der Waals surface area contributed by atoms with Crippen LogP contribution in [0.15, 0.2) is 26.6 Å². The molecule has 0 aromatic heterocycles. The minimum Gasteiger partial charge on any atom is -0.268 e. The van der Waals surface area contributed by atoms with E-state index in [1.54, 1.807) is 6.92 Å². The van der Waals surface area contributed by atoms with Gasteiger partial charge >= 0.3 is 0 Å². The van der Waals surface area contributed by atoms with Crippen molar-refractivity contribution in [1.82, 2.24) is 0 Å². The topological polar surface area (TPSA) is 54.1 Å². The molecule has 2 heterocycles. The number of nitrogens with zero attached hydrogens (tertiary/aromatic N) is 3. The summed E-state index contributed by atoms with van der Waals surface area (Å²) < 4.78 is 0. The Kier molecular flexibility index (Phi) is 1.91. The average molecular weight is 189 g/mol. The van der Waals surface area contributed by atoms with Crippen molar-refractivity contribution in [3.63, 3.8) is 0 Å². The highest BCUT2D eigenvalue weighted by Crippen LogP contribution is 2.18. The van der Waals surface area contributed by atoms with Crippen molar-refractivity contribution in [2.45, 2.75) is 26.8 Å². The summed E-state index contributed by atoms with van der Waals surface area (Å²) in [6.45, 7) is 5.55. The second-order valence-corrected chi connectivity index (χ2v) is 3.53. The molecule has 4 nitrogen and oxygen atoms in total. The molecule has 0 saturated carbocycles. The smallest absolute Gasteiger partial charge is 0.268 e. The van der Waals surface area contributed by atoms with Crippen LogP contribution < -0.4 is 0 Å². The van der Waals surface area contributed by atoms with Gasteiger partial charge in [0.25, 0.3) is 5.91 Å². The summed E-state index contributed by atoms with van der Waals surface area (Å²) in [6, 6.07) is -0.142. The van der Waals surface area contributed by atoms with Crippen LogP contribution in [0.3, 0.4) is 0 Å². The minimum absolute atomic E-state index is 0.142. The van der Waals surface area contributed by atoms with E-state index >= 15 is 0 Å². The van der Waals surface area contributed by atoms with Gasteiger partial charge in [0, 0.05) is 5.71 Å². The molecule has 0 bridgehead atoms. The summed E-state index contributed by atoms with van der Waals surface area (Å²) >= 11 is 0. The van der Waals surface area contributed by atoms with Gasteiger partial charge in [-0.1, -0.05) is 0 Å². The predicted molar refractivity (Wildman–Crippen MR) is 56.2 cm³/mol. The lowest BCUT2D eigenvalue weighted by atomic mass is 10.0. The second-order valence-electron chi connectivity index (χ2n) is 3.53. The number of hydrogen-bond donors (Lipinski definition) is 0. The Morgan fingerprint density at radius 2 is 1.93 bits per heavy atom. The van der Waals surface area contributed by atoms with E-state index in [1.165, 1.54) is 0 Å². The normalized spacial score (nSPS) is 25.9. The van der Waals surface area contributed by atoms with Gasteiger partial charge in [-0.05, 0) is 32.4 Å². The van der Waals surface area contributed by atoms with Gasteiger partial charge in [-0.15, -0.1) is 0 Å². The molecule has 72 valence electrons. The van der Waals surface area contributed by atoms with Gasteiger partial charge in [-0.3, -0.25) is 9.79 Å². The summed E-state index contributed by atoms with van der Waals surface area (Å²) in [5.41, 5.74) is 2.42. The monoisotopic (exact) mass is 189 g/mol. The molecule has 4 heteroatoms. The van der Waals surface area contributed by atoms with Crippen LogP contribution in [-0.4, -0.2) is 29.2 Å². The van der Waals surface area contributed by atoms with Gasteiger partial charge < -0.3 is 0 Å². The third-order valence-electron chi connectivity index (χ3n) is 2.25. The van der Waals surface area contributed by atoms with Crippen LogP contribution >= 0.6 is 0 Å². The number of carbonyl (C=O) groups is 1. The first kappa shape index (κ1) is 8.99. The fourth-order valence-electron chi connectivity index (χ4n) is 1.57. The zero-order valence-corrected chi connectivity index (χ0v) is 8.40. The quantitative estimate of drug-likeness (QED) is 0.564. The van der Waals surface area contributed by atoms with E-state index in [0.717, 1.165) is 11.3 Å². The van der Waals surface area contributed by atoms with Crippen LogP contribution in [0.4, 0.5) is 0 Å². The number of rotatable bonds is 0. The van der Waals surface area contributed by atoms with Crippen LogP contribution in [0, 0.1) is 0 Å². The van der Waals surface area contributed by atoms with Gasteiger partial charge in [-0.2, -0.15) is 4.99 Å². The number of dihydropyridines is 1. The molecule has 0 saturated heterocycles. The summed E-state index contributed by atoms with van der Waals surface area (Å²) in [6.07, 6.45) is 1.97. The summed E-state index contributed by atoms with van der Waals surface area (Å²) in [5, 5.41) is 0. The van der Waals surface area contributed by atoms with Crippen molar-refractivity contribution >= 4 is 23.2 Å². The molecule has 2 aliphatic heterocycles. The molecule has 1 unspecified atom stereocenters. The fourth-order valence-corrected chi connectivity index (χ4v) is 1.57. The van der Waals surface area contributed by atoms with Gasteiger partial charge in [-0.25, -0.2) is 4.99 Å². The highest BCUT2D eigenvalue weighted by atomic mass is 16.1. The molecule has 0 N–H and O–H groups in total. The summed E-state index contributed by atoms with van der Waals surface area (Å²) in [4.78, 5) is 23.6. The number of amidine groups is 1. The third-order valence-corrected chi connectivity index (χ3v) is 2.25. The minimum atomic E-state index is -0.275.